The summed E-state index contributed by atoms with van der Waals surface area (Å²) in [6, 6.07) is 16.2. The van der Waals surface area contributed by atoms with Crippen LogP contribution in [-0.4, -0.2) is 17.1 Å². The van der Waals surface area contributed by atoms with E-state index >= 15 is 0 Å². The predicted molar refractivity (Wildman–Crippen MR) is 96.5 cm³/mol. The molecule has 23 heavy (non-hydrogen) atoms. The zero-order valence-electron chi connectivity index (χ0n) is 12.5. The summed E-state index contributed by atoms with van der Waals surface area (Å²) < 4.78 is 6.65. The summed E-state index contributed by atoms with van der Waals surface area (Å²) in [4.78, 5) is 9.44. The number of benzene rings is 2. The van der Waals surface area contributed by atoms with Crippen molar-refractivity contribution < 1.29 is 4.74 Å². The molecule has 4 rings (SSSR count). The van der Waals surface area contributed by atoms with Crippen LogP contribution in [0.15, 0.2) is 53.9 Å². The van der Waals surface area contributed by atoms with E-state index < -0.39 is 0 Å². The molecule has 4 aromatic rings. The highest BCUT2D eigenvalue weighted by Gasteiger charge is 2.11. The fourth-order valence-electron chi connectivity index (χ4n) is 2.50. The molecule has 0 atom stereocenters. The van der Waals surface area contributed by atoms with Crippen molar-refractivity contribution in [3.05, 3.63) is 63.9 Å². The number of hydrogen-bond donors (Lipinski definition) is 0. The third kappa shape index (κ3) is 2.85. The maximum Gasteiger partial charge on any atom is 0.128 e. The first kappa shape index (κ1) is 14.4. The first-order valence-electron chi connectivity index (χ1n) is 7.26. The van der Waals surface area contributed by atoms with Gasteiger partial charge in [-0.05, 0) is 24.3 Å². The van der Waals surface area contributed by atoms with Gasteiger partial charge >= 0.3 is 0 Å². The number of para-hydroxylation sites is 2. The molecule has 0 radical (unpaired) electrons. The summed E-state index contributed by atoms with van der Waals surface area (Å²) in [6.07, 6.45) is 0.777. The second-order valence-corrected chi connectivity index (χ2v) is 7.14. The molecule has 0 aliphatic rings. The Morgan fingerprint density at radius 2 is 1.78 bits per heavy atom. The summed E-state index contributed by atoms with van der Waals surface area (Å²) in [5.41, 5.74) is 3.05. The van der Waals surface area contributed by atoms with E-state index in [0.717, 1.165) is 39.0 Å². The second-order valence-electron chi connectivity index (χ2n) is 5.08. The fraction of sp³-hybridized carbons (Fsp3) is 0.111. The summed E-state index contributed by atoms with van der Waals surface area (Å²) in [5, 5.41) is 4.26. The number of rotatable bonds is 4. The molecule has 0 N–H and O–H groups in total. The molecule has 0 saturated carbocycles. The zero-order chi connectivity index (χ0) is 15.6. The van der Waals surface area contributed by atoms with E-state index in [1.54, 1.807) is 29.8 Å². The zero-order valence-corrected chi connectivity index (χ0v) is 14.2. The molecule has 2 aromatic heterocycles. The molecular weight excluding hydrogens is 324 g/mol. The number of thiazole rings is 2. The van der Waals surface area contributed by atoms with Crippen LogP contribution < -0.4 is 4.74 Å². The molecule has 114 valence electrons. The first-order chi connectivity index (χ1) is 11.3. The van der Waals surface area contributed by atoms with E-state index in [1.165, 1.54) is 4.70 Å². The van der Waals surface area contributed by atoms with Crippen LogP contribution in [0.4, 0.5) is 0 Å². The van der Waals surface area contributed by atoms with Gasteiger partial charge in [0.25, 0.3) is 0 Å². The summed E-state index contributed by atoms with van der Waals surface area (Å²) >= 11 is 3.40. The molecule has 0 bridgehead atoms. The third-order valence-electron chi connectivity index (χ3n) is 3.58. The predicted octanol–water partition coefficient (Wildman–Crippen LogP) is 5.02. The minimum atomic E-state index is 0.777. The van der Waals surface area contributed by atoms with Crippen LogP contribution in [0.5, 0.6) is 5.75 Å². The molecule has 5 heteroatoms. The van der Waals surface area contributed by atoms with E-state index in [1.807, 2.05) is 36.4 Å². The third-order valence-corrected chi connectivity index (χ3v) is 5.46. The topological polar surface area (TPSA) is 35.0 Å². The lowest BCUT2D eigenvalue weighted by Gasteiger charge is -2.04. The lowest BCUT2D eigenvalue weighted by atomic mass is 10.1. The summed E-state index contributed by atoms with van der Waals surface area (Å²) in [7, 11) is 1.69. The number of ether oxygens (including phenoxy) is 1. The fourth-order valence-corrected chi connectivity index (χ4v) is 4.36. The number of aromatic nitrogens is 2. The average molecular weight is 338 g/mol. The van der Waals surface area contributed by atoms with Gasteiger partial charge in [-0.25, -0.2) is 9.97 Å². The van der Waals surface area contributed by atoms with Crippen LogP contribution in [-0.2, 0) is 6.42 Å². The van der Waals surface area contributed by atoms with Crippen molar-refractivity contribution in [2.24, 2.45) is 0 Å². The van der Waals surface area contributed by atoms with Gasteiger partial charge in [-0.3, -0.25) is 0 Å². The van der Waals surface area contributed by atoms with Gasteiger partial charge in [0.1, 0.15) is 15.8 Å². The molecule has 0 unspecified atom stereocenters. The quantitative estimate of drug-likeness (QED) is 0.524. The van der Waals surface area contributed by atoms with Crippen molar-refractivity contribution in [3.63, 3.8) is 0 Å². The lowest BCUT2D eigenvalue weighted by Crippen LogP contribution is -1.89. The molecule has 0 fully saturated rings. The Bertz CT molecular complexity index is 925. The van der Waals surface area contributed by atoms with Gasteiger partial charge < -0.3 is 4.74 Å². The summed E-state index contributed by atoms with van der Waals surface area (Å²) in [6.45, 7) is 0. The van der Waals surface area contributed by atoms with E-state index in [9.17, 15) is 0 Å². The monoisotopic (exact) mass is 338 g/mol. The van der Waals surface area contributed by atoms with Crippen molar-refractivity contribution in [2.75, 3.05) is 7.11 Å². The Morgan fingerprint density at radius 1 is 0.957 bits per heavy atom. The van der Waals surface area contributed by atoms with E-state index in [2.05, 4.69) is 22.5 Å². The maximum atomic E-state index is 5.42. The van der Waals surface area contributed by atoms with Crippen molar-refractivity contribution in [3.8, 4) is 17.0 Å². The minimum Gasteiger partial charge on any atom is -0.496 e. The standard InChI is InChI=1S/C18H14N2OS2/c1-21-15-8-4-2-6-12(15)14-11-22-17(20-14)10-18-19-13-7-3-5-9-16(13)23-18/h2-9,11H,10H2,1H3. The minimum absolute atomic E-state index is 0.777. The molecule has 2 heterocycles. The van der Waals surface area contributed by atoms with Crippen LogP contribution in [0.2, 0.25) is 0 Å². The van der Waals surface area contributed by atoms with Gasteiger partial charge in [-0.2, -0.15) is 0 Å². The van der Waals surface area contributed by atoms with Crippen molar-refractivity contribution in [2.45, 2.75) is 6.42 Å². The highest BCUT2D eigenvalue weighted by molar-refractivity contribution is 7.18. The number of nitrogens with zero attached hydrogens (tertiary/aromatic N) is 2. The molecule has 0 aliphatic heterocycles. The first-order valence-corrected chi connectivity index (χ1v) is 8.95. The van der Waals surface area contributed by atoms with Gasteiger partial charge in [0, 0.05) is 10.9 Å². The largest absolute Gasteiger partial charge is 0.496 e. The normalized spacial score (nSPS) is 11.0. The second kappa shape index (κ2) is 6.10. The van der Waals surface area contributed by atoms with Gasteiger partial charge in [-0.15, -0.1) is 22.7 Å². The van der Waals surface area contributed by atoms with E-state index in [-0.39, 0.29) is 0 Å². The molecule has 0 saturated heterocycles. The molecular formula is C18H14N2OS2. The van der Waals surface area contributed by atoms with Crippen molar-refractivity contribution in [1.29, 1.82) is 0 Å². The van der Waals surface area contributed by atoms with Gasteiger partial charge in [0.15, 0.2) is 0 Å². The van der Waals surface area contributed by atoms with E-state index in [0.29, 0.717) is 0 Å². The van der Waals surface area contributed by atoms with E-state index in [4.69, 9.17) is 9.72 Å². The van der Waals surface area contributed by atoms with Crippen LogP contribution in [0, 0.1) is 0 Å². The number of methoxy groups -OCH3 is 1. The molecule has 2 aromatic carbocycles. The smallest absolute Gasteiger partial charge is 0.128 e. The molecule has 0 aliphatic carbocycles. The molecule has 3 nitrogen and oxygen atoms in total. The van der Waals surface area contributed by atoms with Gasteiger partial charge in [-0.1, -0.05) is 24.3 Å². The Kier molecular flexibility index (Phi) is 3.81. The van der Waals surface area contributed by atoms with Crippen LogP contribution in [0.1, 0.15) is 10.0 Å². The summed E-state index contributed by atoms with van der Waals surface area (Å²) in [5.74, 6) is 0.851. The van der Waals surface area contributed by atoms with Crippen LogP contribution in [0.25, 0.3) is 21.5 Å². The van der Waals surface area contributed by atoms with Crippen molar-refractivity contribution >= 4 is 32.9 Å². The van der Waals surface area contributed by atoms with Crippen molar-refractivity contribution in [1.82, 2.24) is 9.97 Å². The lowest BCUT2D eigenvalue weighted by molar-refractivity contribution is 0.416. The maximum absolute atomic E-state index is 5.42. The van der Waals surface area contributed by atoms with Gasteiger partial charge in [0.05, 0.1) is 29.4 Å². The Morgan fingerprint density at radius 3 is 2.65 bits per heavy atom. The Balaban J connectivity index is 1.63. The number of fused-ring (bicyclic) bond motifs is 1. The molecule has 0 amide bonds. The molecule has 0 spiro atoms. The average Bonchev–Trinajstić information content (AvgIpc) is 3.21. The van der Waals surface area contributed by atoms with Gasteiger partial charge in [0.2, 0.25) is 0 Å². The SMILES string of the molecule is COc1ccccc1-c1csc(Cc2nc3ccccc3s2)n1. The van der Waals surface area contributed by atoms with Crippen LogP contribution in [0.3, 0.4) is 0 Å². The Hall–Kier alpha value is -2.24. The highest BCUT2D eigenvalue weighted by atomic mass is 32.1. The number of hydrogen-bond acceptors (Lipinski definition) is 5. The Labute approximate surface area is 142 Å². The van der Waals surface area contributed by atoms with Crippen LogP contribution >= 0.6 is 22.7 Å². The highest BCUT2D eigenvalue weighted by Crippen LogP contribution is 2.31.